The highest BCUT2D eigenvalue weighted by atomic mass is 32.2. The lowest BCUT2D eigenvalue weighted by atomic mass is 10.2. The topological polar surface area (TPSA) is 32.8 Å². The Kier molecular flexibility index (Phi) is 4.76. The van der Waals surface area contributed by atoms with Crippen molar-refractivity contribution in [3.8, 4) is 0 Å². The molecule has 2 aliphatic rings. The van der Waals surface area contributed by atoms with Crippen molar-refractivity contribution in [2.45, 2.75) is 25.9 Å². The number of hydrogen-bond donors (Lipinski definition) is 0. The third-order valence-electron chi connectivity index (χ3n) is 3.98. The van der Waals surface area contributed by atoms with Gasteiger partial charge in [0, 0.05) is 13.1 Å². The van der Waals surface area contributed by atoms with E-state index in [4.69, 9.17) is 4.74 Å². The monoisotopic (exact) mass is 324 g/mol. The number of anilines is 2. The van der Waals surface area contributed by atoms with E-state index in [1.165, 1.54) is 11.0 Å². The molecule has 0 radical (unpaired) electrons. The Morgan fingerprint density at radius 2 is 2.00 bits per heavy atom. The van der Waals surface area contributed by atoms with Crippen LogP contribution in [0, 0.1) is 5.82 Å². The molecule has 0 bridgehead atoms. The van der Waals surface area contributed by atoms with Gasteiger partial charge in [0.15, 0.2) is 0 Å². The molecule has 2 fully saturated rings. The van der Waals surface area contributed by atoms with E-state index in [9.17, 15) is 9.18 Å². The normalized spacial score (nSPS) is 23.2. The van der Waals surface area contributed by atoms with Gasteiger partial charge in [0.05, 0.1) is 17.9 Å². The molecule has 2 aliphatic heterocycles. The lowest BCUT2D eigenvalue weighted by Gasteiger charge is -2.27. The number of benzene rings is 1. The SMILES string of the molecule is C[C@@H]1CN(c2ccc(N3CCCSCCC3)c(F)c2)C(=O)O1. The summed E-state index contributed by atoms with van der Waals surface area (Å²) >= 11 is 1.97. The van der Waals surface area contributed by atoms with Crippen LogP contribution in [-0.4, -0.2) is 43.3 Å². The molecule has 0 N–H and O–H groups in total. The zero-order valence-corrected chi connectivity index (χ0v) is 13.6. The second-order valence-electron chi connectivity index (χ2n) is 5.75. The van der Waals surface area contributed by atoms with Gasteiger partial charge in [0.2, 0.25) is 0 Å². The van der Waals surface area contributed by atoms with Crippen molar-refractivity contribution in [1.82, 2.24) is 0 Å². The molecule has 1 aromatic rings. The molecule has 1 aromatic carbocycles. The second-order valence-corrected chi connectivity index (χ2v) is 6.97. The minimum Gasteiger partial charge on any atom is -0.444 e. The summed E-state index contributed by atoms with van der Waals surface area (Å²) in [5, 5.41) is 0. The number of amides is 1. The van der Waals surface area contributed by atoms with Crippen molar-refractivity contribution in [3.05, 3.63) is 24.0 Å². The van der Waals surface area contributed by atoms with E-state index in [2.05, 4.69) is 4.90 Å². The maximum absolute atomic E-state index is 14.5. The maximum Gasteiger partial charge on any atom is 0.414 e. The van der Waals surface area contributed by atoms with Crippen LogP contribution in [0.5, 0.6) is 0 Å². The molecule has 0 spiro atoms. The standard InChI is InChI=1S/C16H21FN2O2S/c1-12-11-19(16(20)21-12)13-4-5-15(14(17)10-13)18-6-2-8-22-9-3-7-18/h4-5,10,12H,2-3,6-9,11H2,1H3/t12-/m1/s1. The molecule has 22 heavy (non-hydrogen) atoms. The van der Waals surface area contributed by atoms with Gasteiger partial charge in [-0.15, -0.1) is 0 Å². The van der Waals surface area contributed by atoms with Gasteiger partial charge in [0.25, 0.3) is 0 Å². The van der Waals surface area contributed by atoms with Gasteiger partial charge < -0.3 is 9.64 Å². The maximum atomic E-state index is 14.5. The van der Waals surface area contributed by atoms with E-state index in [0.29, 0.717) is 17.9 Å². The highest BCUT2D eigenvalue weighted by molar-refractivity contribution is 7.99. The van der Waals surface area contributed by atoms with E-state index in [0.717, 1.165) is 37.4 Å². The van der Waals surface area contributed by atoms with Crippen LogP contribution in [0.2, 0.25) is 0 Å². The third kappa shape index (κ3) is 3.32. The number of hydrogen-bond acceptors (Lipinski definition) is 4. The average Bonchev–Trinajstić information content (AvgIpc) is 2.78. The van der Waals surface area contributed by atoms with E-state index in [1.807, 2.05) is 24.8 Å². The van der Waals surface area contributed by atoms with Crippen LogP contribution in [0.25, 0.3) is 0 Å². The molecule has 0 aliphatic carbocycles. The Hall–Kier alpha value is -1.43. The molecule has 2 saturated heterocycles. The van der Waals surface area contributed by atoms with Gasteiger partial charge >= 0.3 is 6.09 Å². The highest BCUT2D eigenvalue weighted by Crippen LogP contribution is 2.28. The molecule has 3 rings (SSSR count). The molecule has 0 unspecified atom stereocenters. The Bertz CT molecular complexity index is 547. The second kappa shape index (κ2) is 6.77. The molecule has 120 valence electrons. The Balaban J connectivity index is 1.78. The number of halogens is 1. The molecule has 1 amide bonds. The van der Waals surface area contributed by atoms with Gasteiger partial charge in [0.1, 0.15) is 11.9 Å². The van der Waals surface area contributed by atoms with Crippen LogP contribution < -0.4 is 9.80 Å². The summed E-state index contributed by atoms with van der Waals surface area (Å²) in [6.45, 7) is 4.07. The Labute approximate surface area is 134 Å². The first kappa shape index (κ1) is 15.5. The molecular weight excluding hydrogens is 303 g/mol. The van der Waals surface area contributed by atoms with Crippen molar-refractivity contribution in [1.29, 1.82) is 0 Å². The molecule has 6 heteroatoms. The molecule has 4 nitrogen and oxygen atoms in total. The Morgan fingerprint density at radius 3 is 2.59 bits per heavy atom. The smallest absolute Gasteiger partial charge is 0.414 e. The number of nitrogens with zero attached hydrogens (tertiary/aromatic N) is 2. The number of rotatable bonds is 2. The van der Waals surface area contributed by atoms with Crippen molar-refractivity contribution in [2.24, 2.45) is 0 Å². The lowest BCUT2D eigenvalue weighted by Crippen LogP contribution is -2.29. The summed E-state index contributed by atoms with van der Waals surface area (Å²) in [6, 6.07) is 5.04. The van der Waals surface area contributed by atoms with Crippen LogP contribution in [0.15, 0.2) is 18.2 Å². The predicted octanol–water partition coefficient (Wildman–Crippen LogP) is 3.50. The van der Waals surface area contributed by atoms with Gasteiger partial charge in [-0.2, -0.15) is 11.8 Å². The zero-order valence-electron chi connectivity index (χ0n) is 12.8. The van der Waals surface area contributed by atoms with Crippen molar-refractivity contribution >= 4 is 29.2 Å². The van der Waals surface area contributed by atoms with Gasteiger partial charge in [-0.25, -0.2) is 9.18 Å². The van der Waals surface area contributed by atoms with Crippen LogP contribution in [0.1, 0.15) is 19.8 Å². The summed E-state index contributed by atoms with van der Waals surface area (Å²) in [5.74, 6) is 2.00. The predicted molar refractivity (Wildman–Crippen MR) is 88.5 cm³/mol. The summed E-state index contributed by atoms with van der Waals surface area (Å²) in [5.41, 5.74) is 1.20. The van der Waals surface area contributed by atoms with Crippen LogP contribution in [0.4, 0.5) is 20.6 Å². The summed E-state index contributed by atoms with van der Waals surface area (Å²) in [4.78, 5) is 15.3. The minimum atomic E-state index is -0.400. The molecular formula is C16H21FN2O2S. The molecule has 2 heterocycles. The van der Waals surface area contributed by atoms with Gasteiger partial charge in [-0.1, -0.05) is 0 Å². The average molecular weight is 324 g/mol. The molecule has 0 saturated carbocycles. The van der Waals surface area contributed by atoms with E-state index in [1.54, 1.807) is 6.07 Å². The number of cyclic esters (lactones) is 1. The lowest BCUT2D eigenvalue weighted by molar-refractivity contribution is 0.150. The fourth-order valence-corrected chi connectivity index (χ4v) is 3.78. The quantitative estimate of drug-likeness (QED) is 0.833. The first-order valence-electron chi connectivity index (χ1n) is 7.75. The van der Waals surface area contributed by atoms with Crippen molar-refractivity contribution in [2.75, 3.05) is 40.9 Å². The third-order valence-corrected chi connectivity index (χ3v) is 5.13. The van der Waals surface area contributed by atoms with Crippen LogP contribution in [0.3, 0.4) is 0 Å². The number of thioether (sulfide) groups is 1. The summed E-state index contributed by atoms with van der Waals surface area (Å²) in [7, 11) is 0. The van der Waals surface area contributed by atoms with E-state index in [-0.39, 0.29) is 11.9 Å². The Morgan fingerprint density at radius 1 is 1.27 bits per heavy atom. The highest BCUT2D eigenvalue weighted by Gasteiger charge is 2.30. The zero-order chi connectivity index (χ0) is 15.5. The van der Waals surface area contributed by atoms with Crippen LogP contribution >= 0.6 is 11.8 Å². The van der Waals surface area contributed by atoms with Crippen molar-refractivity contribution < 1.29 is 13.9 Å². The largest absolute Gasteiger partial charge is 0.444 e. The number of carbonyl (C=O) groups is 1. The van der Waals surface area contributed by atoms with Gasteiger partial charge in [-0.05, 0) is 49.5 Å². The minimum absolute atomic E-state index is 0.151. The fourth-order valence-electron chi connectivity index (χ4n) is 2.91. The van der Waals surface area contributed by atoms with Crippen molar-refractivity contribution in [3.63, 3.8) is 0 Å². The number of ether oxygens (including phenoxy) is 1. The van der Waals surface area contributed by atoms with E-state index >= 15 is 0 Å². The first-order chi connectivity index (χ1) is 10.6. The summed E-state index contributed by atoms with van der Waals surface area (Å²) < 4.78 is 19.6. The fraction of sp³-hybridized carbons (Fsp3) is 0.562. The van der Waals surface area contributed by atoms with Gasteiger partial charge in [-0.3, -0.25) is 4.90 Å². The van der Waals surface area contributed by atoms with E-state index < -0.39 is 6.09 Å². The molecule has 1 atom stereocenters. The molecule has 0 aromatic heterocycles. The first-order valence-corrected chi connectivity index (χ1v) is 8.91. The summed E-state index contributed by atoms with van der Waals surface area (Å²) in [6.07, 6.45) is 1.59. The number of carbonyl (C=O) groups excluding carboxylic acids is 1. The van der Waals surface area contributed by atoms with Crippen LogP contribution in [-0.2, 0) is 4.74 Å².